The average Bonchev–Trinajstić information content (AvgIpc) is 2.95. The van der Waals surface area contributed by atoms with Crippen LogP contribution in [-0.2, 0) is 5.41 Å². The minimum Gasteiger partial charge on any atom is -0.478 e. The molecule has 0 aliphatic heterocycles. The van der Waals surface area contributed by atoms with Crippen LogP contribution in [0.15, 0.2) is 35.4 Å². The highest BCUT2D eigenvalue weighted by atomic mass is 16.4. The number of aromatic nitrogens is 4. The molecule has 0 atom stereocenters. The number of nitrogens with one attached hydrogen (secondary N) is 1. The van der Waals surface area contributed by atoms with Crippen LogP contribution in [-0.4, -0.2) is 30.8 Å². The van der Waals surface area contributed by atoms with Gasteiger partial charge in [-0.15, -0.1) is 0 Å². The van der Waals surface area contributed by atoms with Crippen molar-refractivity contribution in [1.82, 2.24) is 19.7 Å². The molecule has 2 heterocycles. The van der Waals surface area contributed by atoms with E-state index in [0.29, 0.717) is 10.9 Å². The zero-order chi connectivity index (χ0) is 16.8. The van der Waals surface area contributed by atoms with E-state index in [9.17, 15) is 9.59 Å². The van der Waals surface area contributed by atoms with Crippen LogP contribution in [0.3, 0.4) is 0 Å². The first-order valence-electron chi connectivity index (χ1n) is 7.09. The molecule has 0 amide bonds. The summed E-state index contributed by atoms with van der Waals surface area (Å²) in [5.74, 6) is -0.901. The van der Waals surface area contributed by atoms with Crippen molar-refractivity contribution in [2.24, 2.45) is 0 Å². The zero-order valence-electron chi connectivity index (χ0n) is 13.0. The second-order valence-electron chi connectivity index (χ2n) is 6.32. The maximum Gasteiger partial charge on any atom is 0.338 e. The molecule has 0 saturated heterocycles. The molecular formula is C16H16N4O3. The number of carbonyl (C=O) groups is 1. The van der Waals surface area contributed by atoms with E-state index in [1.165, 1.54) is 17.1 Å². The van der Waals surface area contributed by atoms with E-state index < -0.39 is 5.97 Å². The standard InChI is InChI=1S/C16H16N4O3/c1-16(2,3)11-6-4-5-10-12(11)18-15(19-13(10)21)20-8-9(7-17-20)14(22)23/h4-8H,1-3H3,(H,22,23)(H,18,19,21). The highest BCUT2D eigenvalue weighted by Gasteiger charge is 2.19. The molecule has 3 aromatic rings. The fraction of sp³-hybridized carbons (Fsp3) is 0.250. The summed E-state index contributed by atoms with van der Waals surface area (Å²) >= 11 is 0. The first kappa shape index (κ1) is 15.0. The molecule has 118 valence electrons. The van der Waals surface area contributed by atoms with E-state index in [4.69, 9.17) is 5.11 Å². The van der Waals surface area contributed by atoms with Crippen molar-refractivity contribution in [2.45, 2.75) is 26.2 Å². The molecule has 0 radical (unpaired) electrons. The molecule has 2 aromatic heterocycles. The van der Waals surface area contributed by atoms with Gasteiger partial charge in [0.2, 0.25) is 5.95 Å². The van der Waals surface area contributed by atoms with Crippen molar-refractivity contribution in [3.8, 4) is 5.95 Å². The van der Waals surface area contributed by atoms with Gasteiger partial charge in [-0.05, 0) is 17.0 Å². The number of aromatic amines is 1. The van der Waals surface area contributed by atoms with E-state index in [2.05, 4.69) is 15.1 Å². The van der Waals surface area contributed by atoms with Crippen molar-refractivity contribution in [3.63, 3.8) is 0 Å². The van der Waals surface area contributed by atoms with Crippen LogP contribution < -0.4 is 5.56 Å². The van der Waals surface area contributed by atoms with Gasteiger partial charge in [-0.25, -0.2) is 14.5 Å². The lowest BCUT2D eigenvalue weighted by molar-refractivity contribution is 0.0697. The Morgan fingerprint density at radius 1 is 1.30 bits per heavy atom. The summed E-state index contributed by atoms with van der Waals surface area (Å²) in [6.45, 7) is 6.13. The largest absolute Gasteiger partial charge is 0.478 e. The average molecular weight is 312 g/mol. The van der Waals surface area contributed by atoms with Gasteiger partial charge in [0.1, 0.15) is 0 Å². The summed E-state index contributed by atoms with van der Waals surface area (Å²) in [4.78, 5) is 30.4. The Balaban J connectivity index is 2.27. The molecule has 0 aliphatic carbocycles. The van der Waals surface area contributed by atoms with Gasteiger partial charge in [0.25, 0.3) is 5.56 Å². The Hall–Kier alpha value is -2.96. The quantitative estimate of drug-likeness (QED) is 0.754. The van der Waals surface area contributed by atoms with Crippen molar-refractivity contribution >= 4 is 16.9 Å². The lowest BCUT2D eigenvalue weighted by Crippen LogP contribution is -2.18. The maximum absolute atomic E-state index is 12.3. The second kappa shape index (κ2) is 5.05. The second-order valence-corrected chi connectivity index (χ2v) is 6.32. The van der Waals surface area contributed by atoms with Gasteiger partial charge in [-0.1, -0.05) is 32.9 Å². The lowest BCUT2D eigenvalue weighted by Gasteiger charge is -2.20. The van der Waals surface area contributed by atoms with Crippen molar-refractivity contribution in [1.29, 1.82) is 0 Å². The number of para-hydroxylation sites is 1. The Labute approximate surface area is 131 Å². The minimum atomic E-state index is -1.09. The third-order valence-electron chi connectivity index (χ3n) is 3.58. The molecule has 3 rings (SSSR count). The van der Waals surface area contributed by atoms with Crippen LogP contribution in [0.1, 0.15) is 36.7 Å². The highest BCUT2D eigenvalue weighted by molar-refractivity contribution is 5.87. The smallest absolute Gasteiger partial charge is 0.338 e. The molecule has 0 fully saturated rings. The number of carboxylic acid groups (broad SMARTS) is 1. The topological polar surface area (TPSA) is 101 Å². The lowest BCUT2D eigenvalue weighted by atomic mass is 9.85. The fourth-order valence-corrected chi connectivity index (χ4v) is 2.41. The van der Waals surface area contributed by atoms with E-state index in [-0.39, 0.29) is 22.5 Å². The number of nitrogens with zero attached hydrogens (tertiary/aromatic N) is 3. The molecule has 7 heteroatoms. The van der Waals surface area contributed by atoms with Gasteiger partial charge in [0, 0.05) is 6.20 Å². The van der Waals surface area contributed by atoms with Crippen LogP contribution in [0.2, 0.25) is 0 Å². The van der Waals surface area contributed by atoms with Crippen molar-refractivity contribution < 1.29 is 9.90 Å². The number of carboxylic acids is 1. The van der Waals surface area contributed by atoms with E-state index >= 15 is 0 Å². The van der Waals surface area contributed by atoms with E-state index in [1.54, 1.807) is 6.07 Å². The fourth-order valence-electron chi connectivity index (χ4n) is 2.41. The monoisotopic (exact) mass is 312 g/mol. The van der Waals surface area contributed by atoms with Gasteiger partial charge in [0.15, 0.2) is 0 Å². The summed E-state index contributed by atoms with van der Waals surface area (Å²) in [6.07, 6.45) is 2.52. The third-order valence-corrected chi connectivity index (χ3v) is 3.58. The number of hydrogen-bond acceptors (Lipinski definition) is 4. The van der Waals surface area contributed by atoms with E-state index in [1.807, 2.05) is 32.9 Å². The molecule has 1 aromatic carbocycles. The number of rotatable bonds is 2. The molecule has 2 N–H and O–H groups in total. The zero-order valence-corrected chi connectivity index (χ0v) is 13.0. The minimum absolute atomic E-state index is 0.0249. The number of aromatic carboxylic acids is 1. The molecule has 0 aliphatic rings. The van der Waals surface area contributed by atoms with Gasteiger partial charge in [-0.2, -0.15) is 5.10 Å². The summed E-state index contributed by atoms with van der Waals surface area (Å²) < 4.78 is 1.25. The number of H-pyrrole nitrogens is 1. The first-order valence-corrected chi connectivity index (χ1v) is 7.09. The number of fused-ring (bicyclic) bond motifs is 1. The molecule has 23 heavy (non-hydrogen) atoms. The summed E-state index contributed by atoms with van der Waals surface area (Å²) in [7, 11) is 0. The molecule has 0 saturated carbocycles. The van der Waals surface area contributed by atoms with Crippen LogP contribution in [0.5, 0.6) is 0 Å². The normalized spacial score (nSPS) is 11.8. The Kier molecular flexibility index (Phi) is 3.28. The predicted molar refractivity (Wildman–Crippen MR) is 85.1 cm³/mol. The summed E-state index contributed by atoms with van der Waals surface area (Å²) in [5.41, 5.74) is 1.08. The Morgan fingerprint density at radius 2 is 2.04 bits per heavy atom. The number of hydrogen-bond donors (Lipinski definition) is 2. The van der Waals surface area contributed by atoms with Crippen LogP contribution >= 0.6 is 0 Å². The highest BCUT2D eigenvalue weighted by Crippen LogP contribution is 2.27. The SMILES string of the molecule is CC(C)(C)c1cccc2c(=O)[nH]c(-n3cc(C(=O)O)cn3)nc12. The van der Waals surface area contributed by atoms with Gasteiger partial charge in [0.05, 0.1) is 22.7 Å². The van der Waals surface area contributed by atoms with Crippen molar-refractivity contribution in [3.05, 3.63) is 52.1 Å². The third kappa shape index (κ3) is 2.61. The summed E-state index contributed by atoms with van der Waals surface area (Å²) in [6, 6.07) is 5.48. The molecule has 0 unspecified atom stereocenters. The number of benzene rings is 1. The van der Waals surface area contributed by atoms with Gasteiger partial charge >= 0.3 is 5.97 Å². The molecule has 0 spiro atoms. The molecular weight excluding hydrogens is 296 g/mol. The Morgan fingerprint density at radius 3 is 2.65 bits per heavy atom. The Bertz CT molecular complexity index is 963. The van der Waals surface area contributed by atoms with Gasteiger partial charge in [-0.3, -0.25) is 9.78 Å². The molecule has 7 nitrogen and oxygen atoms in total. The van der Waals surface area contributed by atoms with Crippen LogP contribution in [0.25, 0.3) is 16.9 Å². The summed E-state index contributed by atoms with van der Waals surface area (Å²) in [5, 5.41) is 13.4. The molecule has 0 bridgehead atoms. The maximum atomic E-state index is 12.3. The van der Waals surface area contributed by atoms with Crippen LogP contribution in [0, 0.1) is 0 Å². The van der Waals surface area contributed by atoms with Gasteiger partial charge < -0.3 is 5.11 Å². The van der Waals surface area contributed by atoms with E-state index in [0.717, 1.165) is 5.56 Å². The first-order chi connectivity index (χ1) is 10.8. The van der Waals surface area contributed by atoms with Crippen molar-refractivity contribution in [2.75, 3.05) is 0 Å². The van der Waals surface area contributed by atoms with Crippen LogP contribution in [0.4, 0.5) is 0 Å². The predicted octanol–water partition coefficient (Wildman–Crippen LogP) is 2.10.